The molecule has 0 spiro atoms. The summed E-state index contributed by atoms with van der Waals surface area (Å²) >= 11 is 11.6. The van der Waals surface area contributed by atoms with Crippen molar-refractivity contribution < 1.29 is 9.47 Å². The average molecular weight is 391 g/mol. The fourth-order valence-corrected chi connectivity index (χ4v) is 3.29. The molecule has 1 saturated heterocycles. The molecule has 0 aromatic heterocycles. The number of hydrogen-bond acceptors (Lipinski definition) is 4. The number of methoxy groups -OCH3 is 1. The molecule has 1 fully saturated rings. The maximum Gasteiger partial charge on any atom is 0.161 e. The van der Waals surface area contributed by atoms with E-state index in [2.05, 4.69) is 16.8 Å². The Morgan fingerprint density at radius 1 is 1.04 bits per heavy atom. The van der Waals surface area contributed by atoms with E-state index in [1.54, 1.807) is 7.11 Å². The smallest absolute Gasteiger partial charge is 0.161 e. The summed E-state index contributed by atoms with van der Waals surface area (Å²) < 4.78 is 11.4. The molecule has 138 valence electrons. The van der Waals surface area contributed by atoms with E-state index < -0.39 is 0 Å². The number of rotatable bonds is 5. The lowest BCUT2D eigenvalue weighted by Crippen LogP contribution is -2.46. The van der Waals surface area contributed by atoms with Gasteiger partial charge in [-0.05, 0) is 42.9 Å². The summed E-state index contributed by atoms with van der Waals surface area (Å²) in [6, 6.07) is 13.5. The third-order valence-corrected chi connectivity index (χ3v) is 5.25. The van der Waals surface area contributed by atoms with Gasteiger partial charge in [0, 0.05) is 36.8 Å². The lowest BCUT2D eigenvalue weighted by atomic mass is 10.1. The van der Waals surface area contributed by atoms with Crippen molar-refractivity contribution in [3.05, 3.63) is 58.6 Å². The molecule has 1 aliphatic rings. The van der Waals surface area contributed by atoms with Gasteiger partial charge in [0.15, 0.2) is 11.5 Å². The number of halogens is 1. The van der Waals surface area contributed by atoms with Crippen molar-refractivity contribution in [1.29, 1.82) is 0 Å². The van der Waals surface area contributed by atoms with Gasteiger partial charge in [-0.3, -0.25) is 0 Å². The summed E-state index contributed by atoms with van der Waals surface area (Å²) in [5.74, 6) is 1.39. The zero-order valence-electron chi connectivity index (χ0n) is 15.1. The number of hydrogen-bond donors (Lipinski definition) is 0. The third-order valence-electron chi connectivity index (χ3n) is 4.51. The maximum atomic E-state index is 5.92. The number of piperazine rings is 1. The van der Waals surface area contributed by atoms with Gasteiger partial charge in [0.2, 0.25) is 0 Å². The second-order valence-corrected chi connectivity index (χ2v) is 7.20. The predicted octanol–water partition coefficient (Wildman–Crippen LogP) is 3.85. The van der Waals surface area contributed by atoms with E-state index in [9.17, 15) is 0 Å². The molecule has 0 aliphatic carbocycles. The van der Waals surface area contributed by atoms with Crippen molar-refractivity contribution in [2.24, 2.45) is 0 Å². The number of benzene rings is 2. The molecule has 0 radical (unpaired) electrons. The topological polar surface area (TPSA) is 24.9 Å². The van der Waals surface area contributed by atoms with E-state index in [0.29, 0.717) is 23.1 Å². The first-order valence-corrected chi connectivity index (χ1v) is 9.38. The Bertz CT molecular complexity index is 759. The highest BCUT2D eigenvalue weighted by atomic mass is 35.5. The normalized spacial score (nSPS) is 15.0. The molecule has 0 amide bonds. The van der Waals surface area contributed by atoms with E-state index in [-0.39, 0.29) is 0 Å². The van der Waals surface area contributed by atoms with Crippen LogP contribution in [0, 0.1) is 0 Å². The maximum absolute atomic E-state index is 5.92. The Kier molecular flexibility index (Phi) is 6.35. The van der Waals surface area contributed by atoms with Crippen molar-refractivity contribution in [3.8, 4) is 11.5 Å². The first-order chi connectivity index (χ1) is 12.6. The molecule has 1 aliphatic heterocycles. The van der Waals surface area contributed by atoms with Crippen molar-refractivity contribution in [2.75, 3.05) is 40.3 Å². The molecule has 6 heteroatoms. The molecule has 26 heavy (non-hydrogen) atoms. The molecular weight excluding hydrogens is 368 g/mol. The van der Waals surface area contributed by atoms with Crippen LogP contribution in [-0.2, 0) is 6.61 Å². The number of nitrogens with zero attached hydrogens (tertiary/aromatic N) is 2. The Morgan fingerprint density at radius 2 is 1.73 bits per heavy atom. The first-order valence-electron chi connectivity index (χ1n) is 8.60. The van der Waals surface area contributed by atoms with Crippen LogP contribution in [-0.4, -0.2) is 55.1 Å². The van der Waals surface area contributed by atoms with Gasteiger partial charge in [-0.15, -0.1) is 0 Å². The van der Waals surface area contributed by atoms with Gasteiger partial charge in [0.25, 0.3) is 0 Å². The fraction of sp³-hybridized carbons (Fsp3) is 0.350. The van der Waals surface area contributed by atoms with Crippen LogP contribution in [0.2, 0.25) is 5.02 Å². The van der Waals surface area contributed by atoms with Crippen LogP contribution < -0.4 is 9.47 Å². The monoisotopic (exact) mass is 390 g/mol. The van der Waals surface area contributed by atoms with Gasteiger partial charge in [-0.2, -0.15) is 0 Å². The highest BCUT2D eigenvalue weighted by molar-refractivity contribution is 7.80. The van der Waals surface area contributed by atoms with Crippen LogP contribution in [0.3, 0.4) is 0 Å². The molecule has 3 rings (SSSR count). The van der Waals surface area contributed by atoms with Gasteiger partial charge >= 0.3 is 0 Å². The molecule has 2 aromatic rings. The minimum atomic E-state index is 0.454. The van der Waals surface area contributed by atoms with Crippen LogP contribution in [0.1, 0.15) is 11.1 Å². The van der Waals surface area contributed by atoms with Crippen LogP contribution >= 0.6 is 23.8 Å². The third kappa shape index (κ3) is 4.67. The van der Waals surface area contributed by atoms with Gasteiger partial charge < -0.3 is 19.3 Å². The summed E-state index contributed by atoms with van der Waals surface area (Å²) in [4.78, 5) is 5.42. The SMILES string of the molecule is COc1cc(C(=S)N2CCN(C)CC2)ccc1OCc1ccc(Cl)cc1. The summed E-state index contributed by atoms with van der Waals surface area (Å²) in [6.45, 7) is 4.41. The summed E-state index contributed by atoms with van der Waals surface area (Å²) in [5.41, 5.74) is 2.04. The van der Waals surface area contributed by atoms with Crippen LogP contribution in [0.15, 0.2) is 42.5 Å². The summed E-state index contributed by atoms with van der Waals surface area (Å²) in [6.07, 6.45) is 0. The van der Waals surface area contributed by atoms with Gasteiger partial charge in [0.05, 0.1) is 7.11 Å². The molecule has 2 aromatic carbocycles. The molecule has 0 unspecified atom stereocenters. The molecule has 1 heterocycles. The summed E-state index contributed by atoms with van der Waals surface area (Å²) in [7, 11) is 3.78. The Morgan fingerprint density at radius 3 is 2.38 bits per heavy atom. The highest BCUT2D eigenvalue weighted by Crippen LogP contribution is 2.29. The predicted molar refractivity (Wildman–Crippen MR) is 110 cm³/mol. The van der Waals surface area contributed by atoms with Crippen molar-refractivity contribution >= 4 is 28.8 Å². The van der Waals surface area contributed by atoms with Crippen LogP contribution in [0.5, 0.6) is 11.5 Å². The quantitative estimate of drug-likeness (QED) is 0.722. The minimum Gasteiger partial charge on any atom is -0.493 e. The molecule has 0 saturated carbocycles. The lowest BCUT2D eigenvalue weighted by Gasteiger charge is -2.34. The van der Waals surface area contributed by atoms with Gasteiger partial charge in [-0.25, -0.2) is 0 Å². The Hall–Kier alpha value is -1.82. The lowest BCUT2D eigenvalue weighted by molar-refractivity contribution is 0.218. The minimum absolute atomic E-state index is 0.454. The Balaban J connectivity index is 1.68. The van der Waals surface area contributed by atoms with E-state index in [1.165, 1.54) is 0 Å². The molecular formula is C20H23ClN2O2S. The molecule has 4 nitrogen and oxygen atoms in total. The van der Waals surface area contributed by atoms with Crippen LogP contribution in [0.25, 0.3) is 0 Å². The largest absolute Gasteiger partial charge is 0.493 e. The van der Waals surface area contributed by atoms with Crippen molar-refractivity contribution in [1.82, 2.24) is 9.80 Å². The second kappa shape index (κ2) is 8.71. The Labute approximate surface area is 165 Å². The van der Waals surface area contributed by atoms with E-state index in [0.717, 1.165) is 42.3 Å². The van der Waals surface area contributed by atoms with E-state index >= 15 is 0 Å². The van der Waals surface area contributed by atoms with Gasteiger partial charge in [0.1, 0.15) is 11.6 Å². The number of ether oxygens (including phenoxy) is 2. The first kappa shape index (κ1) is 19.0. The second-order valence-electron chi connectivity index (χ2n) is 6.38. The molecule has 0 bridgehead atoms. The molecule has 0 atom stereocenters. The zero-order chi connectivity index (χ0) is 18.5. The van der Waals surface area contributed by atoms with Crippen molar-refractivity contribution in [2.45, 2.75) is 6.61 Å². The van der Waals surface area contributed by atoms with Gasteiger partial charge in [-0.1, -0.05) is 36.0 Å². The van der Waals surface area contributed by atoms with E-state index in [4.69, 9.17) is 33.3 Å². The number of likely N-dealkylation sites (N-methyl/N-ethyl adjacent to an activating group) is 1. The molecule has 0 N–H and O–H groups in total. The standard InChI is InChI=1S/C20H23ClN2O2S/c1-22-9-11-23(12-10-22)20(26)16-5-8-18(19(13-16)24-2)25-14-15-3-6-17(21)7-4-15/h3-8,13H,9-12,14H2,1-2H3. The highest BCUT2D eigenvalue weighted by Gasteiger charge is 2.18. The summed E-state index contributed by atoms with van der Waals surface area (Å²) in [5, 5.41) is 0.716. The van der Waals surface area contributed by atoms with Crippen molar-refractivity contribution in [3.63, 3.8) is 0 Å². The van der Waals surface area contributed by atoms with Crippen LogP contribution in [0.4, 0.5) is 0 Å². The fourth-order valence-electron chi connectivity index (χ4n) is 2.85. The zero-order valence-corrected chi connectivity index (χ0v) is 16.6. The number of thiocarbonyl (C=S) groups is 1. The van der Waals surface area contributed by atoms with E-state index in [1.807, 2.05) is 42.5 Å². The average Bonchev–Trinajstić information content (AvgIpc) is 2.67.